The summed E-state index contributed by atoms with van der Waals surface area (Å²) in [4.78, 5) is 34.9. The minimum atomic E-state index is -0.0342. The molecule has 0 saturated carbocycles. The Hall–Kier alpha value is -3.32. The Labute approximate surface area is 205 Å². The molecule has 0 spiro atoms. The van der Waals surface area contributed by atoms with Gasteiger partial charge in [-0.2, -0.15) is 11.3 Å². The first-order valence-corrected chi connectivity index (χ1v) is 12.8. The average molecular weight is 475 g/mol. The highest BCUT2D eigenvalue weighted by atomic mass is 32.1. The second kappa shape index (κ2) is 9.89. The van der Waals surface area contributed by atoms with E-state index in [0.29, 0.717) is 19.6 Å². The van der Waals surface area contributed by atoms with Crippen LogP contribution in [0.25, 0.3) is 0 Å². The van der Waals surface area contributed by atoms with Crippen molar-refractivity contribution in [2.45, 2.75) is 37.9 Å². The van der Waals surface area contributed by atoms with E-state index < -0.39 is 0 Å². The first kappa shape index (κ1) is 22.5. The number of para-hydroxylation sites is 2. The number of amides is 4. The summed E-state index contributed by atoms with van der Waals surface area (Å²) in [7, 11) is 1.87. The molecule has 6 nitrogen and oxygen atoms in total. The molecule has 5 rings (SSSR count). The fourth-order valence-electron chi connectivity index (χ4n) is 5.16. The van der Waals surface area contributed by atoms with Gasteiger partial charge in [0.25, 0.3) is 0 Å². The van der Waals surface area contributed by atoms with E-state index in [0.717, 1.165) is 36.2 Å². The summed E-state index contributed by atoms with van der Waals surface area (Å²) >= 11 is 1.65. The molecule has 3 heterocycles. The molecule has 3 aromatic rings. The number of piperazine rings is 1. The van der Waals surface area contributed by atoms with Gasteiger partial charge >= 0.3 is 12.1 Å². The molecule has 2 aromatic carbocycles. The number of carbonyl (C=O) groups excluding carboxylic acids is 2. The second-order valence-corrected chi connectivity index (χ2v) is 9.89. The number of piperidine rings is 1. The highest BCUT2D eigenvalue weighted by molar-refractivity contribution is 7.07. The first-order valence-electron chi connectivity index (χ1n) is 11.9. The molecular weight excluding hydrogens is 444 g/mol. The zero-order chi connectivity index (χ0) is 23.5. The Morgan fingerprint density at radius 1 is 0.882 bits per heavy atom. The van der Waals surface area contributed by atoms with Crippen molar-refractivity contribution in [1.82, 2.24) is 14.7 Å². The van der Waals surface area contributed by atoms with Crippen LogP contribution in [0.1, 0.15) is 24.8 Å². The SMILES string of the molecule is CN(Cc1ccsc1)C(=O)N1[C@@H]2CCC[C@H]1CN(C(=O)N(c1ccccc1)c1ccccc1)C2. The van der Waals surface area contributed by atoms with Gasteiger partial charge in [0.15, 0.2) is 0 Å². The van der Waals surface area contributed by atoms with Crippen LogP contribution in [0, 0.1) is 0 Å². The predicted molar refractivity (Wildman–Crippen MR) is 136 cm³/mol. The third kappa shape index (κ3) is 4.53. The summed E-state index contributed by atoms with van der Waals surface area (Å²) in [5.74, 6) is 0. The van der Waals surface area contributed by atoms with Crippen LogP contribution >= 0.6 is 11.3 Å². The number of carbonyl (C=O) groups is 2. The van der Waals surface area contributed by atoms with E-state index in [-0.39, 0.29) is 24.1 Å². The monoisotopic (exact) mass is 474 g/mol. The van der Waals surface area contributed by atoms with Gasteiger partial charge in [-0.15, -0.1) is 0 Å². The van der Waals surface area contributed by atoms with Crippen LogP contribution in [0.2, 0.25) is 0 Å². The van der Waals surface area contributed by atoms with Crippen LogP contribution in [-0.4, -0.2) is 59.0 Å². The maximum absolute atomic E-state index is 13.9. The van der Waals surface area contributed by atoms with Gasteiger partial charge in [0.2, 0.25) is 0 Å². The quantitative estimate of drug-likeness (QED) is 0.480. The van der Waals surface area contributed by atoms with Gasteiger partial charge in [-0.3, -0.25) is 4.90 Å². The van der Waals surface area contributed by atoms with Gasteiger partial charge in [-0.05, 0) is 65.9 Å². The summed E-state index contributed by atoms with van der Waals surface area (Å²) in [6, 6.07) is 21.8. The van der Waals surface area contributed by atoms with Crippen molar-refractivity contribution < 1.29 is 9.59 Å². The largest absolute Gasteiger partial charge is 0.329 e. The molecule has 176 valence electrons. The van der Waals surface area contributed by atoms with Crippen molar-refractivity contribution in [3.63, 3.8) is 0 Å². The molecule has 2 fully saturated rings. The zero-order valence-electron chi connectivity index (χ0n) is 19.4. The normalized spacial score (nSPS) is 19.6. The van der Waals surface area contributed by atoms with E-state index in [1.165, 1.54) is 0 Å². The van der Waals surface area contributed by atoms with Crippen molar-refractivity contribution in [1.29, 1.82) is 0 Å². The number of hydrogen-bond donors (Lipinski definition) is 0. The molecule has 2 saturated heterocycles. The fraction of sp³-hybridized carbons (Fsp3) is 0.333. The van der Waals surface area contributed by atoms with E-state index in [9.17, 15) is 9.59 Å². The number of nitrogens with zero attached hydrogens (tertiary/aromatic N) is 4. The van der Waals surface area contributed by atoms with E-state index >= 15 is 0 Å². The fourth-order valence-corrected chi connectivity index (χ4v) is 5.82. The maximum Gasteiger partial charge on any atom is 0.329 e. The smallest absolute Gasteiger partial charge is 0.323 e. The van der Waals surface area contributed by atoms with Gasteiger partial charge < -0.3 is 14.7 Å². The molecule has 7 heteroatoms. The van der Waals surface area contributed by atoms with Gasteiger partial charge in [0.1, 0.15) is 0 Å². The van der Waals surface area contributed by atoms with Gasteiger partial charge in [-0.1, -0.05) is 36.4 Å². The molecule has 0 unspecified atom stereocenters. The molecule has 2 atom stereocenters. The summed E-state index contributed by atoms with van der Waals surface area (Å²) in [6.45, 7) is 1.73. The molecule has 34 heavy (non-hydrogen) atoms. The van der Waals surface area contributed by atoms with E-state index in [2.05, 4.69) is 16.3 Å². The third-order valence-electron chi connectivity index (χ3n) is 6.76. The molecule has 0 radical (unpaired) electrons. The number of anilines is 2. The Bertz CT molecular complexity index is 1050. The lowest BCUT2D eigenvalue weighted by Crippen LogP contribution is -2.66. The minimum absolute atomic E-state index is 0.0342. The van der Waals surface area contributed by atoms with Crippen molar-refractivity contribution in [3.05, 3.63) is 83.1 Å². The molecule has 2 aliphatic rings. The second-order valence-electron chi connectivity index (χ2n) is 9.11. The first-order chi connectivity index (χ1) is 16.6. The van der Waals surface area contributed by atoms with Crippen molar-refractivity contribution >= 4 is 34.8 Å². The number of thiophene rings is 1. The van der Waals surface area contributed by atoms with Gasteiger partial charge in [0, 0.05) is 26.7 Å². The lowest BCUT2D eigenvalue weighted by atomic mass is 9.91. The van der Waals surface area contributed by atoms with Crippen LogP contribution in [0.4, 0.5) is 21.0 Å². The van der Waals surface area contributed by atoms with Crippen LogP contribution in [0.15, 0.2) is 77.5 Å². The Kier molecular flexibility index (Phi) is 6.54. The van der Waals surface area contributed by atoms with Crippen LogP contribution in [0.5, 0.6) is 0 Å². The highest BCUT2D eigenvalue weighted by Crippen LogP contribution is 2.33. The third-order valence-corrected chi connectivity index (χ3v) is 7.49. The summed E-state index contributed by atoms with van der Waals surface area (Å²) in [6.07, 6.45) is 2.94. The zero-order valence-corrected chi connectivity index (χ0v) is 20.2. The maximum atomic E-state index is 13.9. The van der Waals surface area contributed by atoms with E-state index in [1.54, 1.807) is 16.2 Å². The molecule has 0 N–H and O–H groups in total. The molecule has 0 aliphatic carbocycles. The van der Waals surface area contributed by atoms with Crippen molar-refractivity contribution in [2.24, 2.45) is 0 Å². The minimum Gasteiger partial charge on any atom is -0.323 e. The predicted octanol–water partition coefficient (Wildman–Crippen LogP) is 5.80. The molecule has 1 aromatic heterocycles. The standard InChI is InChI=1S/C27H30N4O2S/c1-28(17-21-15-16-34-20-21)26(32)31-24-13-8-14-25(31)19-29(18-24)27(33)30(22-9-4-2-5-10-22)23-11-6-3-7-12-23/h2-7,9-12,15-16,20,24-25H,8,13-14,17-19H2,1H3/t24-,25+. The molecule has 2 aliphatic heterocycles. The van der Waals surface area contributed by atoms with Gasteiger partial charge in [-0.25, -0.2) is 9.59 Å². The van der Waals surface area contributed by atoms with Crippen molar-refractivity contribution in [3.8, 4) is 0 Å². The Balaban J connectivity index is 1.36. The van der Waals surface area contributed by atoms with E-state index in [4.69, 9.17) is 0 Å². The number of urea groups is 2. The number of likely N-dealkylation sites (tertiary alicyclic amines) is 1. The molecular formula is C27H30N4O2S. The van der Waals surface area contributed by atoms with Crippen molar-refractivity contribution in [2.75, 3.05) is 25.0 Å². The Morgan fingerprint density at radius 2 is 1.47 bits per heavy atom. The lowest BCUT2D eigenvalue weighted by Gasteiger charge is -2.51. The number of rotatable bonds is 4. The van der Waals surface area contributed by atoms with Gasteiger partial charge in [0.05, 0.1) is 23.5 Å². The summed E-state index contributed by atoms with van der Waals surface area (Å²) in [5.41, 5.74) is 2.84. The molecule has 2 bridgehead atoms. The number of hydrogen-bond acceptors (Lipinski definition) is 3. The average Bonchev–Trinajstić information content (AvgIpc) is 3.37. The summed E-state index contributed by atoms with van der Waals surface area (Å²) < 4.78 is 0. The summed E-state index contributed by atoms with van der Waals surface area (Å²) in [5, 5.41) is 4.13. The van der Waals surface area contributed by atoms with Crippen LogP contribution < -0.4 is 4.90 Å². The number of fused-ring (bicyclic) bond motifs is 2. The molecule has 4 amide bonds. The topological polar surface area (TPSA) is 47.1 Å². The number of benzene rings is 2. The van der Waals surface area contributed by atoms with E-state index in [1.807, 2.05) is 82.9 Å². The van der Waals surface area contributed by atoms with Crippen LogP contribution in [0.3, 0.4) is 0 Å². The Morgan fingerprint density at radius 3 is 2.00 bits per heavy atom. The highest BCUT2D eigenvalue weighted by Gasteiger charge is 2.43. The van der Waals surface area contributed by atoms with Crippen LogP contribution in [-0.2, 0) is 6.54 Å². The lowest BCUT2D eigenvalue weighted by molar-refractivity contribution is 0.0237.